The Kier molecular flexibility index (Phi) is 3.54. The predicted octanol–water partition coefficient (Wildman–Crippen LogP) is 3.20. The number of benzene rings is 1. The van der Waals surface area contributed by atoms with Gasteiger partial charge in [-0.3, -0.25) is 0 Å². The van der Waals surface area contributed by atoms with E-state index in [-0.39, 0.29) is 10.0 Å². The number of nitrogens with zero attached hydrogens (tertiary/aromatic N) is 3. The molecule has 3 aromatic rings. The highest BCUT2D eigenvalue weighted by Crippen LogP contribution is 2.29. The second-order valence-electron chi connectivity index (χ2n) is 4.16. The second kappa shape index (κ2) is 5.36. The van der Waals surface area contributed by atoms with Crippen LogP contribution in [-0.4, -0.2) is 14.4 Å². The van der Waals surface area contributed by atoms with Crippen LogP contribution in [0, 0.1) is 5.82 Å². The molecule has 0 aliphatic rings. The van der Waals surface area contributed by atoms with Crippen molar-refractivity contribution in [2.24, 2.45) is 5.84 Å². The average molecular weight is 327 g/mol. The van der Waals surface area contributed by atoms with E-state index in [0.717, 1.165) is 0 Å². The summed E-state index contributed by atoms with van der Waals surface area (Å²) in [6.07, 6.45) is 5.04. The van der Waals surface area contributed by atoms with Crippen molar-refractivity contribution in [2.45, 2.75) is 0 Å². The van der Waals surface area contributed by atoms with Gasteiger partial charge in [-0.25, -0.2) is 20.2 Å². The zero-order chi connectivity index (χ0) is 15.0. The number of hydrogen-bond donors (Lipinski definition) is 3. The fourth-order valence-corrected chi connectivity index (χ4v) is 2.34. The number of nitrogen functional groups attached to an aromatic ring is 1. The lowest BCUT2D eigenvalue weighted by molar-refractivity contribution is 0.629. The maximum atomic E-state index is 13.4. The minimum absolute atomic E-state index is 0.0857. The molecule has 0 amide bonds. The van der Waals surface area contributed by atoms with Crippen LogP contribution in [0.4, 0.5) is 21.7 Å². The molecule has 0 aliphatic heterocycles. The number of anilines is 3. The Labute approximate surface area is 128 Å². The van der Waals surface area contributed by atoms with Crippen LogP contribution in [0.25, 0.3) is 5.65 Å². The number of hydrazine groups is 1. The summed E-state index contributed by atoms with van der Waals surface area (Å²) < 4.78 is 15.2. The standard InChI is InChI=1S/C12H9Cl2FN6/c13-7-3-6(4-8(14)10(7)15)18-11-12-17-1-2-21(12)5-9(19-11)20-16/h1-5,20H,16H2,(H,18,19). The first-order valence-corrected chi connectivity index (χ1v) is 6.56. The molecule has 0 aliphatic carbocycles. The number of aromatic nitrogens is 3. The third kappa shape index (κ3) is 2.58. The summed E-state index contributed by atoms with van der Waals surface area (Å²) in [4.78, 5) is 8.44. The van der Waals surface area contributed by atoms with Crippen molar-refractivity contribution in [1.82, 2.24) is 14.4 Å². The average Bonchev–Trinajstić information content (AvgIpc) is 2.93. The molecule has 0 bridgehead atoms. The van der Waals surface area contributed by atoms with Gasteiger partial charge in [0.25, 0.3) is 0 Å². The predicted molar refractivity (Wildman–Crippen MR) is 80.5 cm³/mol. The minimum Gasteiger partial charge on any atom is -0.337 e. The van der Waals surface area contributed by atoms with Gasteiger partial charge in [0.05, 0.1) is 16.2 Å². The van der Waals surface area contributed by atoms with Crippen molar-refractivity contribution in [2.75, 3.05) is 10.7 Å². The van der Waals surface area contributed by atoms with Gasteiger partial charge in [-0.2, -0.15) is 0 Å². The number of fused-ring (bicyclic) bond motifs is 1. The molecular weight excluding hydrogens is 318 g/mol. The summed E-state index contributed by atoms with van der Waals surface area (Å²) in [7, 11) is 0. The van der Waals surface area contributed by atoms with Gasteiger partial charge in [-0.05, 0) is 12.1 Å². The number of hydrogen-bond acceptors (Lipinski definition) is 5. The minimum atomic E-state index is -0.667. The Morgan fingerprint density at radius 1 is 1.24 bits per heavy atom. The Balaban J connectivity index is 2.07. The van der Waals surface area contributed by atoms with E-state index in [1.165, 1.54) is 12.1 Å². The van der Waals surface area contributed by atoms with Gasteiger partial charge >= 0.3 is 0 Å². The molecule has 2 heterocycles. The van der Waals surface area contributed by atoms with E-state index < -0.39 is 5.82 Å². The highest BCUT2D eigenvalue weighted by molar-refractivity contribution is 6.35. The van der Waals surface area contributed by atoms with Crippen molar-refractivity contribution in [3.8, 4) is 0 Å². The Morgan fingerprint density at radius 2 is 1.95 bits per heavy atom. The monoisotopic (exact) mass is 326 g/mol. The van der Waals surface area contributed by atoms with Crippen molar-refractivity contribution in [1.29, 1.82) is 0 Å². The maximum absolute atomic E-state index is 13.4. The molecule has 0 atom stereocenters. The third-order valence-corrected chi connectivity index (χ3v) is 3.32. The Bertz CT molecular complexity index is 796. The summed E-state index contributed by atoms with van der Waals surface area (Å²) in [5.74, 6) is 5.57. The molecule has 0 fully saturated rings. The number of nitrogens with two attached hydrogens (primary N) is 1. The van der Waals surface area contributed by atoms with Gasteiger partial charge in [0, 0.05) is 18.1 Å². The van der Waals surface area contributed by atoms with Crippen LogP contribution in [-0.2, 0) is 0 Å². The lowest BCUT2D eigenvalue weighted by Crippen LogP contribution is -2.11. The molecule has 0 saturated heterocycles. The fraction of sp³-hybridized carbons (Fsp3) is 0. The smallest absolute Gasteiger partial charge is 0.180 e. The topological polar surface area (TPSA) is 80.3 Å². The quantitative estimate of drug-likeness (QED) is 0.391. The first-order valence-electron chi connectivity index (χ1n) is 5.80. The summed E-state index contributed by atoms with van der Waals surface area (Å²) in [6.45, 7) is 0. The highest BCUT2D eigenvalue weighted by atomic mass is 35.5. The molecule has 3 rings (SSSR count). The van der Waals surface area contributed by atoms with E-state index in [0.29, 0.717) is 23.0 Å². The van der Waals surface area contributed by atoms with E-state index in [1.807, 2.05) is 0 Å². The molecule has 6 nitrogen and oxygen atoms in total. The van der Waals surface area contributed by atoms with E-state index in [4.69, 9.17) is 29.0 Å². The summed E-state index contributed by atoms with van der Waals surface area (Å²) >= 11 is 11.5. The van der Waals surface area contributed by atoms with Crippen LogP contribution in [0.3, 0.4) is 0 Å². The maximum Gasteiger partial charge on any atom is 0.180 e. The number of nitrogens with one attached hydrogen (secondary N) is 2. The lowest BCUT2D eigenvalue weighted by Gasteiger charge is -2.10. The molecule has 0 saturated carbocycles. The largest absolute Gasteiger partial charge is 0.337 e. The van der Waals surface area contributed by atoms with Gasteiger partial charge in [0.15, 0.2) is 23.1 Å². The normalized spacial score (nSPS) is 10.9. The molecule has 21 heavy (non-hydrogen) atoms. The van der Waals surface area contributed by atoms with E-state index in [1.54, 1.807) is 23.0 Å². The molecule has 2 aromatic heterocycles. The van der Waals surface area contributed by atoms with Crippen molar-refractivity contribution in [3.63, 3.8) is 0 Å². The van der Waals surface area contributed by atoms with Crippen LogP contribution < -0.4 is 16.6 Å². The first-order chi connectivity index (χ1) is 10.1. The van der Waals surface area contributed by atoms with Crippen LogP contribution >= 0.6 is 23.2 Å². The fourth-order valence-electron chi connectivity index (χ4n) is 1.85. The van der Waals surface area contributed by atoms with E-state index in [2.05, 4.69) is 20.7 Å². The van der Waals surface area contributed by atoms with E-state index in [9.17, 15) is 4.39 Å². The molecule has 0 radical (unpaired) electrons. The Morgan fingerprint density at radius 3 is 2.62 bits per heavy atom. The lowest BCUT2D eigenvalue weighted by atomic mass is 10.3. The molecule has 9 heteroatoms. The van der Waals surface area contributed by atoms with Gasteiger partial charge < -0.3 is 15.1 Å². The molecule has 0 unspecified atom stereocenters. The molecule has 0 spiro atoms. The third-order valence-electron chi connectivity index (χ3n) is 2.77. The number of imidazole rings is 1. The zero-order valence-corrected chi connectivity index (χ0v) is 12.0. The molecule has 1 aromatic carbocycles. The van der Waals surface area contributed by atoms with Crippen molar-refractivity contribution >= 4 is 46.2 Å². The van der Waals surface area contributed by atoms with Crippen LogP contribution in [0.15, 0.2) is 30.7 Å². The zero-order valence-electron chi connectivity index (χ0n) is 10.4. The SMILES string of the molecule is NNc1cn2ccnc2c(Nc2cc(Cl)c(F)c(Cl)c2)n1. The van der Waals surface area contributed by atoms with Crippen LogP contribution in [0.1, 0.15) is 0 Å². The molecule has 108 valence electrons. The van der Waals surface area contributed by atoms with Gasteiger partial charge in [0.1, 0.15) is 0 Å². The summed E-state index contributed by atoms with van der Waals surface area (Å²) in [6, 6.07) is 2.82. The highest BCUT2D eigenvalue weighted by Gasteiger charge is 2.11. The Hall–Kier alpha value is -2.09. The first kappa shape index (κ1) is 13.9. The van der Waals surface area contributed by atoms with Crippen molar-refractivity contribution in [3.05, 3.63) is 46.6 Å². The van der Waals surface area contributed by atoms with E-state index >= 15 is 0 Å². The van der Waals surface area contributed by atoms with Gasteiger partial charge in [-0.1, -0.05) is 23.2 Å². The van der Waals surface area contributed by atoms with Gasteiger partial charge in [-0.15, -0.1) is 0 Å². The van der Waals surface area contributed by atoms with Crippen molar-refractivity contribution < 1.29 is 4.39 Å². The van der Waals surface area contributed by atoms with Crippen LogP contribution in [0.2, 0.25) is 10.0 Å². The second-order valence-corrected chi connectivity index (χ2v) is 4.97. The molecular formula is C12H9Cl2FN6. The summed E-state index contributed by atoms with van der Waals surface area (Å²) in [5, 5.41) is 2.82. The van der Waals surface area contributed by atoms with Crippen LogP contribution in [0.5, 0.6) is 0 Å². The summed E-state index contributed by atoms with van der Waals surface area (Å²) in [5.41, 5.74) is 3.51. The van der Waals surface area contributed by atoms with Gasteiger partial charge in [0.2, 0.25) is 0 Å². The number of rotatable bonds is 3. The molecule has 4 N–H and O–H groups in total. The number of halogens is 3.